The van der Waals surface area contributed by atoms with E-state index >= 15 is 0 Å². The number of anilines is 1. The Morgan fingerprint density at radius 3 is 2.80 bits per heavy atom. The molecule has 2 atom stereocenters. The molecule has 2 aliphatic rings. The van der Waals surface area contributed by atoms with E-state index in [-0.39, 0.29) is 36.8 Å². The number of nitrogens with one attached hydrogen (secondary N) is 2. The van der Waals surface area contributed by atoms with Crippen LogP contribution in [0.4, 0.5) is 5.69 Å². The highest BCUT2D eigenvalue weighted by molar-refractivity contribution is 5.85. The van der Waals surface area contributed by atoms with Gasteiger partial charge in [0.2, 0.25) is 5.91 Å². The molecule has 2 saturated heterocycles. The SMILES string of the molecule is COc1ccccc1N1CCC(CNC(=O)[C@H]2CCCCN2)C1.Cl.Cl. The Balaban J connectivity index is 0.00000156. The van der Waals surface area contributed by atoms with E-state index in [0.29, 0.717) is 5.92 Å². The number of hydrogen-bond acceptors (Lipinski definition) is 4. The Labute approximate surface area is 162 Å². The van der Waals surface area contributed by atoms with Gasteiger partial charge in [-0.2, -0.15) is 0 Å². The van der Waals surface area contributed by atoms with Crippen LogP contribution >= 0.6 is 24.8 Å². The zero-order valence-corrected chi connectivity index (χ0v) is 16.3. The van der Waals surface area contributed by atoms with Gasteiger partial charge >= 0.3 is 0 Å². The molecule has 1 aromatic rings. The molecule has 2 heterocycles. The molecule has 2 aliphatic heterocycles. The monoisotopic (exact) mass is 389 g/mol. The minimum atomic E-state index is 0. The number of methoxy groups -OCH3 is 1. The lowest BCUT2D eigenvalue weighted by Gasteiger charge is -2.24. The Kier molecular flexibility index (Phi) is 9.39. The summed E-state index contributed by atoms with van der Waals surface area (Å²) in [5.74, 6) is 1.59. The third-order valence-electron chi connectivity index (χ3n) is 4.90. The van der Waals surface area contributed by atoms with Crippen molar-refractivity contribution in [2.75, 3.05) is 38.2 Å². The van der Waals surface area contributed by atoms with Crippen molar-refractivity contribution in [1.29, 1.82) is 0 Å². The minimum Gasteiger partial charge on any atom is -0.495 e. The minimum absolute atomic E-state index is 0. The van der Waals surface area contributed by atoms with Crippen LogP contribution in [0.2, 0.25) is 0 Å². The van der Waals surface area contributed by atoms with Crippen LogP contribution in [0, 0.1) is 5.92 Å². The summed E-state index contributed by atoms with van der Waals surface area (Å²) in [6, 6.07) is 8.15. The molecule has 142 valence electrons. The number of piperidine rings is 1. The van der Waals surface area contributed by atoms with Gasteiger partial charge in [-0.1, -0.05) is 18.6 Å². The lowest BCUT2D eigenvalue weighted by Crippen LogP contribution is -2.47. The maximum atomic E-state index is 12.2. The number of carbonyl (C=O) groups excluding carboxylic acids is 1. The maximum Gasteiger partial charge on any atom is 0.237 e. The molecule has 25 heavy (non-hydrogen) atoms. The van der Waals surface area contributed by atoms with E-state index in [0.717, 1.165) is 56.9 Å². The van der Waals surface area contributed by atoms with Crippen LogP contribution in [0.5, 0.6) is 5.75 Å². The van der Waals surface area contributed by atoms with Gasteiger partial charge in [-0.25, -0.2) is 0 Å². The second-order valence-electron chi connectivity index (χ2n) is 6.52. The summed E-state index contributed by atoms with van der Waals surface area (Å²) in [6.45, 7) is 3.72. The van der Waals surface area contributed by atoms with Crippen molar-refractivity contribution in [2.24, 2.45) is 5.92 Å². The van der Waals surface area contributed by atoms with E-state index < -0.39 is 0 Å². The number of rotatable bonds is 5. The number of halogens is 2. The summed E-state index contributed by atoms with van der Waals surface area (Å²) in [6.07, 6.45) is 4.40. The molecule has 0 aromatic heterocycles. The van der Waals surface area contributed by atoms with Crippen molar-refractivity contribution in [3.63, 3.8) is 0 Å². The third-order valence-corrected chi connectivity index (χ3v) is 4.90. The molecule has 1 amide bonds. The van der Waals surface area contributed by atoms with Gasteiger partial charge < -0.3 is 20.3 Å². The largest absolute Gasteiger partial charge is 0.495 e. The van der Waals surface area contributed by atoms with Gasteiger partial charge in [-0.15, -0.1) is 24.8 Å². The number of nitrogens with zero attached hydrogens (tertiary/aromatic N) is 1. The van der Waals surface area contributed by atoms with Crippen molar-refractivity contribution < 1.29 is 9.53 Å². The fourth-order valence-corrected chi connectivity index (χ4v) is 3.55. The summed E-state index contributed by atoms with van der Waals surface area (Å²) < 4.78 is 5.45. The van der Waals surface area contributed by atoms with Crippen molar-refractivity contribution in [3.05, 3.63) is 24.3 Å². The van der Waals surface area contributed by atoms with Gasteiger partial charge in [0.05, 0.1) is 18.8 Å². The molecule has 5 nitrogen and oxygen atoms in total. The average molecular weight is 390 g/mol. The second-order valence-corrected chi connectivity index (χ2v) is 6.52. The summed E-state index contributed by atoms with van der Waals surface area (Å²) >= 11 is 0. The number of hydrogen-bond donors (Lipinski definition) is 2. The molecule has 1 unspecified atom stereocenters. The fourth-order valence-electron chi connectivity index (χ4n) is 3.55. The summed E-state index contributed by atoms with van der Waals surface area (Å²) in [4.78, 5) is 14.6. The average Bonchev–Trinajstić information content (AvgIpc) is 3.09. The van der Waals surface area contributed by atoms with E-state index in [1.165, 1.54) is 6.42 Å². The molecule has 0 aliphatic carbocycles. The Hall–Kier alpha value is -1.17. The lowest BCUT2D eigenvalue weighted by molar-refractivity contribution is -0.123. The van der Waals surface area contributed by atoms with Crippen LogP contribution in [0.3, 0.4) is 0 Å². The van der Waals surface area contributed by atoms with Crippen molar-refractivity contribution in [3.8, 4) is 5.75 Å². The maximum absolute atomic E-state index is 12.2. The quantitative estimate of drug-likeness (QED) is 0.812. The van der Waals surface area contributed by atoms with Gasteiger partial charge in [0.1, 0.15) is 5.75 Å². The normalized spacial score (nSPS) is 22.5. The number of para-hydroxylation sites is 2. The van der Waals surface area contributed by atoms with E-state index in [4.69, 9.17) is 4.74 Å². The Morgan fingerprint density at radius 2 is 2.08 bits per heavy atom. The molecule has 1 aromatic carbocycles. The first-order chi connectivity index (χ1) is 11.3. The van der Waals surface area contributed by atoms with Crippen LogP contribution in [-0.2, 0) is 4.79 Å². The van der Waals surface area contributed by atoms with Crippen LogP contribution in [0.25, 0.3) is 0 Å². The van der Waals surface area contributed by atoms with Gasteiger partial charge in [0, 0.05) is 19.6 Å². The van der Waals surface area contributed by atoms with E-state index in [1.54, 1.807) is 7.11 Å². The molecule has 0 spiro atoms. The van der Waals surface area contributed by atoms with E-state index in [9.17, 15) is 4.79 Å². The first kappa shape index (κ1) is 21.9. The van der Waals surface area contributed by atoms with Gasteiger partial charge in [-0.3, -0.25) is 4.79 Å². The Morgan fingerprint density at radius 1 is 1.28 bits per heavy atom. The highest BCUT2D eigenvalue weighted by atomic mass is 35.5. The molecule has 0 bridgehead atoms. The smallest absolute Gasteiger partial charge is 0.237 e. The molecule has 0 saturated carbocycles. The predicted octanol–water partition coefficient (Wildman–Crippen LogP) is 2.62. The fraction of sp³-hybridized carbons (Fsp3) is 0.611. The number of ether oxygens (including phenoxy) is 1. The summed E-state index contributed by atoms with van der Waals surface area (Å²) in [5.41, 5.74) is 1.15. The van der Waals surface area contributed by atoms with Crippen molar-refractivity contribution in [2.45, 2.75) is 31.7 Å². The van der Waals surface area contributed by atoms with Crippen LogP contribution in [0.1, 0.15) is 25.7 Å². The molecular formula is C18H29Cl2N3O2. The highest BCUT2D eigenvalue weighted by Gasteiger charge is 2.26. The van der Waals surface area contributed by atoms with Crippen molar-refractivity contribution in [1.82, 2.24) is 10.6 Å². The Bertz CT molecular complexity index is 539. The van der Waals surface area contributed by atoms with Crippen LogP contribution in [0.15, 0.2) is 24.3 Å². The van der Waals surface area contributed by atoms with Crippen LogP contribution < -0.4 is 20.3 Å². The molecule has 2 fully saturated rings. The molecule has 0 radical (unpaired) electrons. The van der Waals surface area contributed by atoms with Crippen LogP contribution in [-0.4, -0.2) is 45.2 Å². The molecule has 3 rings (SSSR count). The van der Waals surface area contributed by atoms with Gasteiger partial charge in [-0.05, 0) is 43.9 Å². The second kappa shape index (κ2) is 10.7. The van der Waals surface area contributed by atoms with Gasteiger partial charge in [0.15, 0.2) is 0 Å². The lowest BCUT2D eigenvalue weighted by atomic mass is 10.0. The molecule has 2 N–H and O–H groups in total. The number of carbonyl (C=O) groups is 1. The zero-order valence-electron chi connectivity index (χ0n) is 14.7. The summed E-state index contributed by atoms with van der Waals surface area (Å²) in [5, 5.41) is 6.44. The van der Waals surface area contributed by atoms with E-state index in [1.807, 2.05) is 18.2 Å². The zero-order chi connectivity index (χ0) is 16.1. The first-order valence-corrected chi connectivity index (χ1v) is 8.67. The highest BCUT2D eigenvalue weighted by Crippen LogP contribution is 2.31. The standard InChI is InChI=1S/C18H27N3O2.2ClH/c1-23-17-8-3-2-7-16(17)21-11-9-14(13-21)12-20-18(22)15-6-4-5-10-19-15;;/h2-3,7-8,14-15,19H,4-6,9-13H2,1H3,(H,20,22);2*1H/t14?,15-;;/m1../s1. The number of benzene rings is 1. The van der Waals surface area contributed by atoms with Gasteiger partial charge in [0.25, 0.3) is 0 Å². The summed E-state index contributed by atoms with van der Waals surface area (Å²) in [7, 11) is 1.71. The first-order valence-electron chi connectivity index (χ1n) is 8.67. The molecular weight excluding hydrogens is 361 g/mol. The topological polar surface area (TPSA) is 53.6 Å². The third kappa shape index (κ3) is 5.66. The predicted molar refractivity (Wildman–Crippen MR) is 106 cm³/mol. The van der Waals surface area contributed by atoms with E-state index in [2.05, 4.69) is 21.6 Å². The van der Waals surface area contributed by atoms with Crippen molar-refractivity contribution >= 4 is 36.4 Å². The molecule has 7 heteroatoms. The number of amides is 1.